The van der Waals surface area contributed by atoms with Crippen molar-refractivity contribution in [2.75, 3.05) is 0 Å². The Balaban J connectivity index is 1.40. The SMILES string of the molecule is [O-][n+]1cc(-c2cc(Cl)ccc2-n2cnnn2)ccc1[C@@H](Cc1ccccc1)c1cccc(C2CCCCC2)c1. The van der Waals surface area contributed by atoms with Crippen LogP contribution in [0.25, 0.3) is 16.8 Å². The van der Waals surface area contributed by atoms with Crippen LogP contribution in [-0.4, -0.2) is 20.2 Å². The number of hydrogen-bond acceptors (Lipinski definition) is 4. The van der Waals surface area contributed by atoms with Gasteiger partial charge in [0.05, 0.1) is 11.6 Å². The van der Waals surface area contributed by atoms with Gasteiger partial charge in [-0.15, -0.1) is 5.10 Å². The Morgan fingerprint density at radius 1 is 0.923 bits per heavy atom. The highest BCUT2D eigenvalue weighted by molar-refractivity contribution is 6.31. The number of halogens is 1. The van der Waals surface area contributed by atoms with Crippen molar-refractivity contribution in [3.63, 3.8) is 0 Å². The lowest BCUT2D eigenvalue weighted by atomic mass is 9.81. The van der Waals surface area contributed by atoms with Crippen LogP contribution >= 0.6 is 11.6 Å². The van der Waals surface area contributed by atoms with Gasteiger partial charge in [0, 0.05) is 22.2 Å². The Morgan fingerprint density at radius 3 is 2.54 bits per heavy atom. The largest absolute Gasteiger partial charge is 0.618 e. The molecule has 6 rings (SSSR count). The summed E-state index contributed by atoms with van der Waals surface area (Å²) in [7, 11) is 0. The van der Waals surface area contributed by atoms with Crippen molar-refractivity contribution in [3.8, 4) is 16.8 Å². The second-order valence-electron chi connectivity index (χ2n) is 10.3. The van der Waals surface area contributed by atoms with Crippen LogP contribution < -0.4 is 4.73 Å². The van der Waals surface area contributed by atoms with Crippen LogP contribution in [0, 0.1) is 5.21 Å². The molecule has 5 aromatic rings. The molecule has 1 aliphatic rings. The summed E-state index contributed by atoms with van der Waals surface area (Å²) in [5.74, 6) is 0.520. The van der Waals surface area contributed by atoms with E-state index in [1.54, 1.807) is 16.9 Å². The van der Waals surface area contributed by atoms with E-state index in [4.69, 9.17) is 11.6 Å². The molecule has 0 N–H and O–H groups in total. The van der Waals surface area contributed by atoms with Gasteiger partial charge in [-0.25, -0.2) is 0 Å². The number of benzene rings is 3. The summed E-state index contributed by atoms with van der Waals surface area (Å²) in [5.41, 5.74) is 6.76. The van der Waals surface area contributed by atoms with Gasteiger partial charge in [0.15, 0.2) is 6.20 Å². The molecule has 0 saturated heterocycles. The van der Waals surface area contributed by atoms with Crippen LogP contribution in [0.3, 0.4) is 0 Å². The molecule has 1 aliphatic carbocycles. The molecule has 2 aromatic heterocycles. The van der Waals surface area contributed by atoms with Crippen LogP contribution in [0.4, 0.5) is 0 Å². The van der Waals surface area contributed by atoms with E-state index in [-0.39, 0.29) is 5.92 Å². The molecule has 1 atom stereocenters. The molecule has 1 saturated carbocycles. The van der Waals surface area contributed by atoms with Gasteiger partial charge in [0.25, 0.3) is 0 Å². The smallest absolute Gasteiger partial charge is 0.200 e. The summed E-state index contributed by atoms with van der Waals surface area (Å²) < 4.78 is 2.59. The summed E-state index contributed by atoms with van der Waals surface area (Å²) >= 11 is 6.35. The molecule has 0 aliphatic heterocycles. The first kappa shape index (κ1) is 25.3. The lowest BCUT2D eigenvalue weighted by molar-refractivity contribution is -0.614. The van der Waals surface area contributed by atoms with Gasteiger partial charge in [0.2, 0.25) is 5.69 Å². The molecule has 7 heteroatoms. The van der Waals surface area contributed by atoms with E-state index in [0.29, 0.717) is 10.9 Å². The predicted octanol–water partition coefficient (Wildman–Crippen LogP) is 7.04. The predicted molar refractivity (Wildman–Crippen MR) is 153 cm³/mol. The molecule has 0 bridgehead atoms. The van der Waals surface area contributed by atoms with Gasteiger partial charge in [-0.05, 0) is 76.6 Å². The zero-order valence-electron chi connectivity index (χ0n) is 21.7. The van der Waals surface area contributed by atoms with Crippen molar-refractivity contribution in [3.05, 3.63) is 130 Å². The highest BCUT2D eigenvalue weighted by Gasteiger charge is 2.25. The summed E-state index contributed by atoms with van der Waals surface area (Å²) in [4.78, 5) is 0. The van der Waals surface area contributed by atoms with Gasteiger partial charge in [-0.2, -0.15) is 9.41 Å². The fourth-order valence-electron chi connectivity index (χ4n) is 5.84. The van der Waals surface area contributed by atoms with E-state index in [0.717, 1.165) is 33.7 Å². The minimum absolute atomic E-state index is 0.0826. The third kappa shape index (κ3) is 5.57. The molecule has 0 amide bonds. The van der Waals surface area contributed by atoms with Crippen LogP contribution in [0.1, 0.15) is 66.3 Å². The Kier molecular flexibility index (Phi) is 7.37. The molecular weight excluding hydrogens is 506 g/mol. The maximum absolute atomic E-state index is 13.7. The van der Waals surface area contributed by atoms with Gasteiger partial charge in [-0.3, -0.25) is 0 Å². The third-order valence-electron chi connectivity index (χ3n) is 7.84. The summed E-state index contributed by atoms with van der Waals surface area (Å²) in [6.07, 6.45) is 10.3. The first-order valence-electron chi connectivity index (χ1n) is 13.6. The van der Waals surface area contributed by atoms with Crippen molar-refractivity contribution < 1.29 is 4.73 Å². The average molecular weight is 536 g/mol. The number of aromatic nitrogens is 5. The highest BCUT2D eigenvalue weighted by Crippen LogP contribution is 2.36. The van der Waals surface area contributed by atoms with Crippen LogP contribution in [0.2, 0.25) is 5.02 Å². The number of hydrogen-bond donors (Lipinski definition) is 0. The number of rotatable bonds is 7. The average Bonchev–Trinajstić information content (AvgIpc) is 3.52. The first-order chi connectivity index (χ1) is 19.2. The van der Waals surface area contributed by atoms with Gasteiger partial charge in [0.1, 0.15) is 6.33 Å². The standard InChI is InChI=1S/C32H30ClN5O/c33-28-15-17-31(37-22-34-35-36-37)30(20-28)27-14-16-32(38(39)21-27)29(18-23-8-3-1-4-9-23)26-13-7-12-25(19-26)24-10-5-2-6-11-24/h1,3-4,7-9,12-17,19-22,24,29H,2,5-6,10-11,18H2/t29-/m0/s1. The summed E-state index contributed by atoms with van der Waals surface area (Å²) in [6, 6.07) is 28.7. The van der Waals surface area contributed by atoms with Crippen LogP contribution in [0.5, 0.6) is 0 Å². The van der Waals surface area contributed by atoms with Gasteiger partial charge in [-0.1, -0.05) is 85.5 Å². The zero-order chi connectivity index (χ0) is 26.6. The van der Waals surface area contributed by atoms with E-state index in [1.165, 1.54) is 55.1 Å². The monoisotopic (exact) mass is 535 g/mol. The molecule has 6 nitrogen and oxygen atoms in total. The van der Waals surface area contributed by atoms with Crippen molar-refractivity contribution in [1.29, 1.82) is 0 Å². The Bertz CT molecular complexity index is 1550. The Labute approximate surface area is 233 Å². The Morgan fingerprint density at radius 2 is 1.77 bits per heavy atom. The van der Waals surface area contributed by atoms with E-state index >= 15 is 0 Å². The summed E-state index contributed by atoms with van der Waals surface area (Å²) in [6.45, 7) is 0. The minimum atomic E-state index is -0.0826. The maximum atomic E-state index is 13.7. The van der Waals surface area contributed by atoms with E-state index in [1.807, 2.05) is 30.3 Å². The van der Waals surface area contributed by atoms with Crippen molar-refractivity contribution in [2.45, 2.75) is 50.4 Å². The first-order valence-corrected chi connectivity index (χ1v) is 13.9. The molecular formula is C32H30ClN5O. The van der Waals surface area contributed by atoms with Crippen molar-refractivity contribution >= 4 is 11.6 Å². The molecule has 1 fully saturated rings. The number of pyridine rings is 1. The van der Waals surface area contributed by atoms with E-state index < -0.39 is 0 Å². The van der Waals surface area contributed by atoms with E-state index in [9.17, 15) is 5.21 Å². The van der Waals surface area contributed by atoms with Crippen molar-refractivity contribution in [2.24, 2.45) is 0 Å². The molecule has 3 aromatic carbocycles. The number of tetrazole rings is 1. The quantitative estimate of drug-likeness (QED) is 0.165. The van der Waals surface area contributed by atoms with Crippen LogP contribution in [-0.2, 0) is 6.42 Å². The minimum Gasteiger partial charge on any atom is -0.618 e. The second kappa shape index (κ2) is 11.4. The molecule has 0 radical (unpaired) electrons. The fraction of sp³-hybridized carbons (Fsp3) is 0.250. The highest BCUT2D eigenvalue weighted by atomic mass is 35.5. The van der Waals surface area contributed by atoms with Gasteiger partial charge >= 0.3 is 0 Å². The second-order valence-corrected chi connectivity index (χ2v) is 10.8. The molecule has 196 valence electrons. The fourth-order valence-corrected chi connectivity index (χ4v) is 6.01. The number of nitrogens with zero attached hydrogens (tertiary/aromatic N) is 5. The van der Waals surface area contributed by atoms with E-state index in [2.05, 4.69) is 64.1 Å². The normalized spacial score (nSPS) is 14.8. The molecule has 39 heavy (non-hydrogen) atoms. The lowest BCUT2D eigenvalue weighted by Gasteiger charge is -2.24. The van der Waals surface area contributed by atoms with Crippen LogP contribution in [0.15, 0.2) is 97.5 Å². The lowest BCUT2D eigenvalue weighted by Crippen LogP contribution is -2.34. The topological polar surface area (TPSA) is 70.5 Å². The van der Waals surface area contributed by atoms with Crippen molar-refractivity contribution in [1.82, 2.24) is 20.2 Å². The maximum Gasteiger partial charge on any atom is 0.200 e. The molecule has 0 spiro atoms. The molecule has 0 unspecified atom stereocenters. The molecule has 2 heterocycles. The zero-order valence-corrected chi connectivity index (χ0v) is 22.4. The Hall–Kier alpha value is -4.03. The third-order valence-corrected chi connectivity index (χ3v) is 8.07. The summed E-state index contributed by atoms with van der Waals surface area (Å²) in [5, 5.41) is 25.8. The van der Waals surface area contributed by atoms with Gasteiger partial charge < -0.3 is 5.21 Å².